The summed E-state index contributed by atoms with van der Waals surface area (Å²) in [5.41, 5.74) is 1.82. The molecule has 1 aromatic carbocycles. The van der Waals surface area contributed by atoms with Crippen LogP contribution in [0.2, 0.25) is 5.15 Å². The fourth-order valence-electron chi connectivity index (χ4n) is 2.41. The fourth-order valence-corrected chi connectivity index (χ4v) is 2.62. The van der Waals surface area contributed by atoms with E-state index in [1.54, 1.807) is 18.3 Å². The number of rotatable bonds is 4. The van der Waals surface area contributed by atoms with Crippen LogP contribution < -0.4 is 5.32 Å². The Morgan fingerprint density at radius 3 is 2.60 bits per heavy atom. The molecule has 0 aliphatic heterocycles. The molecule has 0 saturated heterocycles. The molecule has 1 aliphatic carbocycles. The van der Waals surface area contributed by atoms with Gasteiger partial charge in [-0.2, -0.15) is 0 Å². The minimum absolute atomic E-state index is 0.103. The molecule has 0 unspecified atom stereocenters. The van der Waals surface area contributed by atoms with E-state index < -0.39 is 0 Å². The van der Waals surface area contributed by atoms with Crippen LogP contribution in [0.3, 0.4) is 0 Å². The number of hydrogen-bond donors (Lipinski definition) is 1. The van der Waals surface area contributed by atoms with E-state index in [-0.39, 0.29) is 16.5 Å². The lowest BCUT2D eigenvalue weighted by atomic mass is 9.96. The van der Waals surface area contributed by atoms with Crippen LogP contribution in [0.5, 0.6) is 0 Å². The lowest BCUT2D eigenvalue weighted by Gasteiger charge is -2.16. The van der Waals surface area contributed by atoms with E-state index in [4.69, 9.17) is 11.6 Å². The van der Waals surface area contributed by atoms with Crippen molar-refractivity contribution in [2.24, 2.45) is 0 Å². The summed E-state index contributed by atoms with van der Waals surface area (Å²) in [5.74, 6) is -0.162. The quantitative estimate of drug-likeness (QED) is 0.877. The van der Waals surface area contributed by atoms with Crippen LogP contribution >= 0.6 is 11.6 Å². The second-order valence-electron chi connectivity index (χ2n) is 5.17. The summed E-state index contributed by atoms with van der Waals surface area (Å²) in [7, 11) is 0. The number of nitrogens with one attached hydrogen (secondary N) is 1. The summed E-state index contributed by atoms with van der Waals surface area (Å²) < 4.78 is 0. The van der Waals surface area contributed by atoms with Gasteiger partial charge in [0.1, 0.15) is 5.15 Å². The van der Waals surface area contributed by atoms with E-state index in [9.17, 15) is 4.79 Å². The minimum atomic E-state index is -0.162. The highest BCUT2D eigenvalue weighted by Crippen LogP contribution is 2.47. The van der Waals surface area contributed by atoms with E-state index >= 15 is 0 Å². The van der Waals surface area contributed by atoms with Crippen LogP contribution in [0.4, 0.5) is 0 Å². The zero-order valence-electron chi connectivity index (χ0n) is 11.0. The van der Waals surface area contributed by atoms with Gasteiger partial charge in [-0.3, -0.25) is 4.79 Å². The first kappa shape index (κ1) is 13.1. The van der Waals surface area contributed by atoms with Crippen LogP contribution in [-0.4, -0.2) is 17.4 Å². The highest BCUT2D eigenvalue weighted by Gasteiger charge is 2.44. The average Bonchev–Trinajstić information content (AvgIpc) is 3.27. The van der Waals surface area contributed by atoms with Gasteiger partial charge in [-0.25, -0.2) is 4.98 Å². The number of nitrogens with zero attached hydrogens (tertiary/aromatic N) is 1. The number of carbonyl (C=O) groups is 1. The van der Waals surface area contributed by atoms with Gasteiger partial charge in [-0.05, 0) is 30.5 Å². The second-order valence-corrected chi connectivity index (χ2v) is 5.53. The van der Waals surface area contributed by atoms with Crippen molar-refractivity contribution in [3.63, 3.8) is 0 Å². The van der Waals surface area contributed by atoms with E-state index in [2.05, 4.69) is 22.4 Å². The number of aromatic nitrogens is 1. The van der Waals surface area contributed by atoms with Crippen LogP contribution in [0.25, 0.3) is 0 Å². The molecule has 1 amide bonds. The van der Waals surface area contributed by atoms with Crippen LogP contribution in [0, 0.1) is 0 Å². The normalized spacial score (nSPS) is 15.7. The SMILES string of the molecule is O=C(NCC1(c2ccccc2)CC1)c1cccnc1Cl. The molecule has 0 bridgehead atoms. The van der Waals surface area contributed by atoms with Crippen LogP contribution in [0.15, 0.2) is 48.7 Å². The predicted molar refractivity (Wildman–Crippen MR) is 78.9 cm³/mol. The average molecular weight is 287 g/mol. The van der Waals surface area contributed by atoms with Crippen molar-refractivity contribution in [2.75, 3.05) is 6.54 Å². The Morgan fingerprint density at radius 2 is 1.95 bits per heavy atom. The smallest absolute Gasteiger partial charge is 0.254 e. The number of pyridine rings is 1. The van der Waals surface area contributed by atoms with Crippen LogP contribution in [0.1, 0.15) is 28.8 Å². The van der Waals surface area contributed by atoms with E-state index in [0.717, 1.165) is 12.8 Å². The Morgan fingerprint density at radius 1 is 1.20 bits per heavy atom. The first-order valence-electron chi connectivity index (χ1n) is 6.66. The first-order chi connectivity index (χ1) is 9.71. The zero-order valence-corrected chi connectivity index (χ0v) is 11.7. The highest BCUT2D eigenvalue weighted by atomic mass is 35.5. The molecule has 0 atom stereocenters. The summed E-state index contributed by atoms with van der Waals surface area (Å²) in [5, 5.41) is 3.22. The summed E-state index contributed by atoms with van der Waals surface area (Å²) in [6.07, 6.45) is 3.79. The Labute approximate surface area is 123 Å². The third-order valence-electron chi connectivity index (χ3n) is 3.83. The Kier molecular flexibility index (Phi) is 3.45. The summed E-state index contributed by atoms with van der Waals surface area (Å²) >= 11 is 5.93. The Balaban J connectivity index is 1.69. The summed E-state index contributed by atoms with van der Waals surface area (Å²) in [4.78, 5) is 16.1. The number of benzene rings is 1. The first-order valence-corrected chi connectivity index (χ1v) is 7.03. The van der Waals surface area contributed by atoms with Crippen LogP contribution in [-0.2, 0) is 5.41 Å². The van der Waals surface area contributed by atoms with Crippen molar-refractivity contribution < 1.29 is 4.79 Å². The third kappa shape index (κ3) is 2.54. The number of amides is 1. The molecular formula is C16H15ClN2O. The zero-order chi connectivity index (χ0) is 14.0. The van der Waals surface area contributed by atoms with Gasteiger partial charge in [-0.1, -0.05) is 41.9 Å². The molecule has 1 heterocycles. The predicted octanol–water partition coefficient (Wildman–Crippen LogP) is 3.20. The maximum atomic E-state index is 12.1. The van der Waals surface area contributed by atoms with Gasteiger partial charge in [-0.15, -0.1) is 0 Å². The molecule has 1 fully saturated rings. The van der Waals surface area contributed by atoms with Crippen molar-refractivity contribution in [1.82, 2.24) is 10.3 Å². The molecule has 4 heteroatoms. The number of hydrogen-bond acceptors (Lipinski definition) is 2. The number of carbonyl (C=O) groups excluding carboxylic acids is 1. The van der Waals surface area contributed by atoms with Gasteiger partial charge in [0.2, 0.25) is 0 Å². The van der Waals surface area contributed by atoms with E-state index in [0.29, 0.717) is 12.1 Å². The Hall–Kier alpha value is -1.87. The highest BCUT2D eigenvalue weighted by molar-refractivity contribution is 6.32. The molecule has 3 rings (SSSR count). The standard InChI is InChI=1S/C16H15ClN2O/c17-14-13(7-4-10-18-14)15(20)19-11-16(8-9-16)12-5-2-1-3-6-12/h1-7,10H,8-9,11H2,(H,19,20). The monoisotopic (exact) mass is 286 g/mol. The van der Waals surface area contributed by atoms with Gasteiger partial charge >= 0.3 is 0 Å². The molecule has 1 aromatic heterocycles. The lowest BCUT2D eigenvalue weighted by Crippen LogP contribution is -2.32. The van der Waals surface area contributed by atoms with Gasteiger partial charge in [0.15, 0.2) is 0 Å². The maximum Gasteiger partial charge on any atom is 0.254 e. The maximum absolute atomic E-state index is 12.1. The molecule has 2 aromatic rings. The molecule has 0 spiro atoms. The Bertz CT molecular complexity index is 623. The molecule has 0 radical (unpaired) electrons. The minimum Gasteiger partial charge on any atom is -0.351 e. The molecule has 1 aliphatic rings. The fraction of sp³-hybridized carbons (Fsp3) is 0.250. The summed E-state index contributed by atoms with van der Waals surface area (Å²) in [6, 6.07) is 13.7. The van der Waals surface area contributed by atoms with E-state index in [1.807, 2.05) is 18.2 Å². The molecule has 20 heavy (non-hydrogen) atoms. The largest absolute Gasteiger partial charge is 0.351 e. The molecule has 3 nitrogen and oxygen atoms in total. The van der Waals surface area contributed by atoms with Crippen molar-refractivity contribution in [3.8, 4) is 0 Å². The van der Waals surface area contributed by atoms with Crippen molar-refractivity contribution in [3.05, 3.63) is 64.9 Å². The number of halogens is 1. The van der Waals surface area contributed by atoms with Gasteiger partial charge in [0.05, 0.1) is 5.56 Å². The molecule has 1 saturated carbocycles. The van der Waals surface area contributed by atoms with Crippen molar-refractivity contribution in [2.45, 2.75) is 18.3 Å². The van der Waals surface area contributed by atoms with Gasteiger partial charge in [0, 0.05) is 18.2 Å². The topological polar surface area (TPSA) is 42.0 Å². The lowest BCUT2D eigenvalue weighted by molar-refractivity contribution is 0.0949. The third-order valence-corrected chi connectivity index (χ3v) is 4.13. The molecular weight excluding hydrogens is 272 g/mol. The molecule has 102 valence electrons. The second kappa shape index (κ2) is 5.25. The van der Waals surface area contributed by atoms with Gasteiger partial charge < -0.3 is 5.32 Å². The van der Waals surface area contributed by atoms with Crippen molar-refractivity contribution in [1.29, 1.82) is 0 Å². The van der Waals surface area contributed by atoms with Gasteiger partial charge in [0.25, 0.3) is 5.91 Å². The molecule has 1 N–H and O–H groups in total. The summed E-state index contributed by atoms with van der Waals surface area (Å²) in [6.45, 7) is 0.640. The van der Waals surface area contributed by atoms with E-state index in [1.165, 1.54) is 5.56 Å². The van der Waals surface area contributed by atoms with Crippen molar-refractivity contribution >= 4 is 17.5 Å².